The van der Waals surface area contributed by atoms with Gasteiger partial charge in [0.25, 0.3) is 0 Å². The lowest BCUT2D eigenvalue weighted by Gasteiger charge is -2.19. The van der Waals surface area contributed by atoms with Gasteiger partial charge in [-0.25, -0.2) is 0 Å². The van der Waals surface area contributed by atoms with Crippen LogP contribution in [0.15, 0.2) is 0 Å². The molecule has 1 spiro atoms. The highest BCUT2D eigenvalue weighted by Gasteiger charge is 2.60. The average molecular weight is 269 g/mol. The Kier molecular flexibility index (Phi) is 4.93. The van der Waals surface area contributed by atoms with Crippen molar-refractivity contribution in [1.29, 1.82) is 0 Å². The second kappa shape index (κ2) is 6.09. The van der Waals surface area contributed by atoms with Gasteiger partial charge in [0.15, 0.2) is 0 Å². The molecule has 1 aliphatic carbocycles. The molecule has 18 heavy (non-hydrogen) atoms. The molecule has 0 aromatic heterocycles. The van der Waals surface area contributed by atoms with Gasteiger partial charge in [-0.2, -0.15) is 0 Å². The first kappa shape index (κ1) is 14.6. The van der Waals surface area contributed by atoms with Crippen LogP contribution in [-0.4, -0.2) is 19.4 Å². The van der Waals surface area contributed by atoms with Crippen LogP contribution in [0.3, 0.4) is 0 Å². The fourth-order valence-electron chi connectivity index (χ4n) is 3.76. The normalized spacial score (nSPS) is 30.5. The fraction of sp³-hybridized carbons (Fsp3) is 1.00. The maximum Gasteiger partial charge on any atom is 0.0914 e. The van der Waals surface area contributed by atoms with Crippen LogP contribution in [0.2, 0.25) is 19.6 Å². The van der Waals surface area contributed by atoms with E-state index in [9.17, 15) is 0 Å². The summed E-state index contributed by atoms with van der Waals surface area (Å²) in [5.41, 5.74) is 0.997. The summed E-state index contributed by atoms with van der Waals surface area (Å²) in [6, 6.07) is 0. The fourth-order valence-corrected chi connectivity index (χ4v) is 6.21. The summed E-state index contributed by atoms with van der Waals surface area (Å²) in [6.45, 7) is 7.42. The predicted molar refractivity (Wildman–Crippen MR) is 81.7 cm³/mol. The van der Waals surface area contributed by atoms with Gasteiger partial charge < -0.3 is 4.74 Å². The van der Waals surface area contributed by atoms with Crippen LogP contribution in [0.1, 0.15) is 70.6 Å². The van der Waals surface area contributed by atoms with Gasteiger partial charge in [-0.05, 0) is 12.8 Å². The Morgan fingerprint density at radius 2 is 1.11 bits per heavy atom. The first-order valence-electron chi connectivity index (χ1n) is 8.22. The van der Waals surface area contributed by atoms with E-state index in [1.165, 1.54) is 70.6 Å². The Morgan fingerprint density at radius 1 is 0.722 bits per heavy atom. The van der Waals surface area contributed by atoms with Crippen molar-refractivity contribution < 1.29 is 4.74 Å². The van der Waals surface area contributed by atoms with E-state index >= 15 is 0 Å². The van der Waals surface area contributed by atoms with Crippen LogP contribution in [0.4, 0.5) is 0 Å². The number of rotatable bonds is 1. The summed E-state index contributed by atoms with van der Waals surface area (Å²) in [5, 5.41) is 0. The molecule has 2 heteroatoms. The molecule has 0 N–H and O–H groups in total. The topological polar surface area (TPSA) is 12.5 Å². The monoisotopic (exact) mass is 268 g/mol. The van der Waals surface area contributed by atoms with Gasteiger partial charge in [-0.3, -0.25) is 0 Å². The third-order valence-electron chi connectivity index (χ3n) is 4.76. The second-order valence-electron chi connectivity index (χ2n) is 7.61. The van der Waals surface area contributed by atoms with Gasteiger partial charge in [0.1, 0.15) is 0 Å². The molecule has 2 rings (SSSR count). The van der Waals surface area contributed by atoms with Gasteiger partial charge in [0.05, 0.1) is 19.4 Å². The van der Waals surface area contributed by atoms with Crippen molar-refractivity contribution in [2.45, 2.75) is 102 Å². The van der Waals surface area contributed by atoms with E-state index in [-0.39, 0.29) is 0 Å². The molecule has 1 atom stereocenters. The highest BCUT2D eigenvalue weighted by molar-refractivity contribution is 6.78. The van der Waals surface area contributed by atoms with Crippen LogP contribution in [0.5, 0.6) is 0 Å². The molecule has 0 aromatic carbocycles. The standard InChI is InChI=1S/C16H32OSi/c1-18(2,3)15-16(17-15)13-11-9-7-5-4-6-8-10-12-14-16/h15H,4-14H2,1-3H3. The van der Waals surface area contributed by atoms with Crippen LogP contribution >= 0.6 is 0 Å². The molecular formula is C16H32OSi. The van der Waals surface area contributed by atoms with E-state index in [0.29, 0.717) is 11.3 Å². The largest absolute Gasteiger partial charge is 0.370 e. The van der Waals surface area contributed by atoms with Crippen LogP contribution in [0.25, 0.3) is 0 Å². The Labute approximate surface area is 115 Å². The summed E-state index contributed by atoms with van der Waals surface area (Å²) in [6.07, 6.45) is 15.7. The maximum absolute atomic E-state index is 6.28. The first-order chi connectivity index (χ1) is 8.55. The summed E-state index contributed by atoms with van der Waals surface area (Å²) in [7, 11) is -1.10. The summed E-state index contributed by atoms with van der Waals surface area (Å²) >= 11 is 0. The Hall–Kier alpha value is 0.177. The SMILES string of the molecule is C[Si](C)(C)C1OC12CCCCCCCCCCC2. The Morgan fingerprint density at radius 3 is 1.44 bits per heavy atom. The molecule has 2 aliphatic rings. The van der Waals surface area contributed by atoms with Gasteiger partial charge in [-0.1, -0.05) is 77.4 Å². The Bertz CT molecular complexity index is 244. The molecule has 0 aromatic rings. The quantitative estimate of drug-likeness (QED) is 0.464. The lowest BCUT2D eigenvalue weighted by atomic mass is 9.93. The number of ether oxygens (including phenoxy) is 1. The maximum atomic E-state index is 6.28. The number of hydrogen-bond acceptors (Lipinski definition) is 1. The third kappa shape index (κ3) is 3.83. The summed E-state index contributed by atoms with van der Waals surface area (Å²) < 4.78 is 6.28. The highest BCUT2D eigenvalue weighted by atomic mass is 28.3. The van der Waals surface area contributed by atoms with Gasteiger partial charge in [0, 0.05) is 0 Å². The third-order valence-corrected chi connectivity index (χ3v) is 6.98. The molecule has 1 heterocycles. The van der Waals surface area contributed by atoms with E-state index in [1.807, 2.05) is 0 Å². The summed E-state index contributed by atoms with van der Waals surface area (Å²) in [5.74, 6) is 0. The minimum atomic E-state index is -1.10. The predicted octanol–water partition coefficient (Wildman–Crippen LogP) is 5.31. The van der Waals surface area contributed by atoms with Gasteiger partial charge >= 0.3 is 0 Å². The summed E-state index contributed by atoms with van der Waals surface area (Å²) in [4.78, 5) is 0. The average Bonchev–Trinajstić information content (AvgIpc) is 2.99. The van der Waals surface area contributed by atoms with Crippen molar-refractivity contribution in [2.24, 2.45) is 0 Å². The minimum Gasteiger partial charge on any atom is -0.370 e. The molecule has 106 valence electrons. The van der Waals surface area contributed by atoms with Crippen molar-refractivity contribution in [3.05, 3.63) is 0 Å². The van der Waals surface area contributed by atoms with E-state index in [4.69, 9.17) is 4.74 Å². The van der Waals surface area contributed by atoms with Gasteiger partial charge in [-0.15, -0.1) is 0 Å². The zero-order valence-electron chi connectivity index (χ0n) is 12.8. The molecule has 0 radical (unpaired) electrons. The molecule has 0 amide bonds. The molecule has 1 nitrogen and oxygen atoms in total. The van der Waals surface area contributed by atoms with Crippen LogP contribution < -0.4 is 0 Å². The zero-order valence-corrected chi connectivity index (χ0v) is 13.8. The van der Waals surface area contributed by atoms with E-state index in [2.05, 4.69) is 19.6 Å². The van der Waals surface area contributed by atoms with Crippen LogP contribution in [0, 0.1) is 0 Å². The molecular weight excluding hydrogens is 236 g/mol. The van der Waals surface area contributed by atoms with Gasteiger partial charge in [0.2, 0.25) is 0 Å². The lowest BCUT2D eigenvalue weighted by molar-refractivity contribution is 0.257. The molecule has 1 aliphatic heterocycles. The smallest absolute Gasteiger partial charge is 0.0914 e. The highest BCUT2D eigenvalue weighted by Crippen LogP contribution is 2.49. The van der Waals surface area contributed by atoms with Crippen molar-refractivity contribution >= 4 is 8.07 Å². The van der Waals surface area contributed by atoms with E-state index < -0.39 is 8.07 Å². The number of epoxide rings is 1. The van der Waals surface area contributed by atoms with Crippen molar-refractivity contribution in [2.75, 3.05) is 0 Å². The second-order valence-corrected chi connectivity index (χ2v) is 12.9. The van der Waals surface area contributed by atoms with E-state index in [1.54, 1.807) is 0 Å². The van der Waals surface area contributed by atoms with Crippen LogP contribution in [-0.2, 0) is 4.74 Å². The molecule has 2 fully saturated rings. The lowest BCUT2D eigenvalue weighted by Crippen LogP contribution is -2.35. The van der Waals surface area contributed by atoms with Crippen molar-refractivity contribution in [1.82, 2.24) is 0 Å². The van der Waals surface area contributed by atoms with E-state index in [0.717, 1.165) is 0 Å². The molecule has 1 saturated heterocycles. The molecule has 1 unspecified atom stereocenters. The molecule has 1 saturated carbocycles. The number of hydrogen-bond donors (Lipinski definition) is 0. The first-order valence-corrected chi connectivity index (χ1v) is 11.8. The zero-order chi connectivity index (χ0) is 13.1. The van der Waals surface area contributed by atoms with Crippen molar-refractivity contribution in [3.63, 3.8) is 0 Å². The van der Waals surface area contributed by atoms with Crippen molar-refractivity contribution in [3.8, 4) is 0 Å². The Balaban J connectivity index is 1.87. The molecule has 0 bridgehead atoms. The minimum absolute atomic E-state index is 0.337.